The van der Waals surface area contributed by atoms with Gasteiger partial charge in [-0.1, -0.05) is 20.8 Å². The van der Waals surface area contributed by atoms with E-state index in [9.17, 15) is 14.7 Å². The summed E-state index contributed by atoms with van der Waals surface area (Å²) in [6.07, 6.45) is 1.27. The molecule has 0 aromatic carbocycles. The van der Waals surface area contributed by atoms with Crippen molar-refractivity contribution in [3.05, 3.63) is 0 Å². The fraction of sp³-hybridized carbons (Fsp3) is 0.867. The lowest BCUT2D eigenvalue weighted by Crippen LogP contribution is -2.44. The normalized spacial score (nSPS) is 14.8. The molecular formula is C15H29NO4. The molecule has 5 nitrogen and oxygen atoms in total. The van der Waals surface area contributed by atoms with Crippen LogP contribution < -0.4 is 5.32 Å². The minimum absolute atomic E-state index is 0.0977. The first-order chi connectivity index (χ1) is 9.02. The summed E-state index contributed by atoms with van der Waals surface area (Å²) in [6.45, 7) is 11.4. The molecule has 0 aromatic heterocycles. The number of aliphatic carboxylic acids is 1. The molecule has 0 saturated heterocycles. The van der Waals surface area contributed by atoms with Crippen LogP contribution in [0.4, 0.5) is 4.79 Å². The van der Waals surface area contributed by atoms with Crippen molar-refractivity contribution in [1.82, 2.24) is 5.32 Å². The first-order valence-electron chi connectivity index (χ1n) is 7.22. The van der Waals surface area contributed by atoms with Crippen molar-refractivity contribution in [2.75, 3.05) is 6.54 Å². The maximum Gasteiger partial charge on any atom is 0.407 e. The molecule has 5 heteroatoms. The van der Waals surface area contributed by atoms with E-state index in [1.165, 1.54) is 0 Å². The summed E-state index contributed by atoms with van der Waals surface area (Å²) in [6, 6.07) is 0. The van der Waals surface area contributed by atoms with Crippen LogP contribution in [0.2, 0.25) is 0 Å². The molecule has 0 aliphatic carbocycles. The van der Waals surface area contributed by atoms with Crippen LogP contribution in [0.5, 0.6) is 0 Å². The summed E-state index contributed by atoms with van der Waals surface area (Å²) in [7, 11) is 0. The average Bonchev–Trinajstić information content (AvgIpc) is 2.26. The summed E-state index contributed by atoms with van der Waals surface area (Å²) < 4.78 is 5.14. The molecule has 0 aliphatic heterocycles. The van der Waals surface area contributed by atoms with Gasteiger partial charge in [-0.25, -0.2) is 4.79 Å². The van der Waals surface area contributed by atoms with Crippen molar-refractivity contribution in [2.45, 2.75) is 66.4 Å². The molecule has 1 atom stereocenters. The summed E-state index contributed by atoms with van der Waals surface area (Å²) >= 11 is 0. The van der Waals surface area contributed by atoms with Crippen LogP contribution in [0.25, 0.3) is 0 Å². The van der Waals surface area contributed by atoms with E-state index in [1.54, 1.807) is 20.8 Å². The third kappa shape index (κ3) is 6.78. The largest absolute Gasteiger partial charge is 0.481 e. The quantitative estimate of drug-likeness (QED) is 0.752. The third-order valence-electron chi connectivity index (χ3n) is 3.30. The molecule has 0 saturated carbocycles. The second-order valence-corrected chi connectivity index (χ2v) is 6.73. The van der Waals surface area contributed by atoms with E-state index in [4.69, 9.17) is 4.74 Å². The summed E-state index contributed by atoms with van der Waals surface area (Å²) in [5.74, 6) is -0.432. The molecule has 0 rings (SSSR count). The highest BCUT2D eigenvalue weighted by Crippen LogP contribution is 2.29. The number of amides is 1. The van der Waals surface area contributed by atoms with Crippen molar-refractivity contribution >= 4 is 12.1 Å². The fourth-order valence-electron chi connectivity index (χ4n) is 1.84. The number of carbonyl (C=O) groups excluding carboxylic acids is 1. The van der Waals surface area contributed by atoms with Gasteiger partial charge in [0, 0.05) is 6.54 Å². The van der Waals surface area contributed by atoms with E-state index >= 15 is 0 Å². The molecule has 0 spiro atoms. The van der Waals surface area contributed by atoms with Gasteiger partial charge in [0.1, 0.15) is 5.60 Å². The monoisotopic (exact) mass is 287 g/mol. The van der Waals surface area contributed by atoms with E-state index in [2.05, 4.69) is 19.2 Å². The number of ether oxygens (including phenoxy) is 1. The van der Waals surface area contributed by atoms with Crippen LogP contribution >= 0.6 is 0 Å². The molecule has 20 heavy (non-hydrogen) atoms. The van der Waals surface area contributed by atoms with Crippen LogP contribution in [0.15, 0.2) is 0 Å². The zero-order chi connectivity index (χ0) is 16.0. The van der Waals surface area contributed by atoms with Crippen LogP contribution in [-0.2, 0) is 9.53 Å². The Morgan fingerprint density at radius 3 is 2.15 bits per heavy atom. The Bertz CT molecular complexity index is 333. The smallest absolute Gasteiger partial charge is 0.407 e. The second-order valence-electron chi connectivity index (χ2n) is 6.73. The Kier molecular flexibility index (Phi) is 7.03. The van der Waals surface area contributed by atoms with Gasteiger partial charge in [-0.05, 0) is 46.0 Å². The van der Waals surface area contributed by atoms with Crippen molar-refractivity contribution in [3.63, 3.8) is 0 Å². The summed E-state index contributed by atoms with van der Waals surface area (Å²) in [5, 5.41) is 12.1. The molecule has 1 unspecified atom stereocenters. The lowest BCUT2D eigenvalue weighted by Gasteiger charge is -2.29. The predicted octanol–water partition coefficient (Wildman–Crippen LogP) is 3.43. The van der Waals surface area contributed by atoms with Gasteiger partial charge in [-0.3, -0.25) is 4.79 Å². The SMILES string of the molecule is CCC(CCC(C)C)(CNC(=O)OC(C)(C)C)C(=O)O. The summed E-state index contributed by atoms with van der Waals surface area (Å²) in [4.78, 5) is 23.2. The van der Waals surface area contributed by atoms with Crippen molar-refractivity contribution in [3.8, 4) is 0 Å². The van der Waals surface area contributed by atoms with Gasteiger partial charge in [-0.2, -0.15) is 0 Å². The van der Waals surface area contributed by atoms with Crippen molar-refractivity contribution in [1.29, 1.82) is 0 Å². The second kappa shape index (κ2) is 7.50. The number of hydrogen-bond donors (Lipinski definition) is 2. The summed E-state index contributed by atoms with van der Waals surface area (Å²) in [5.41, 5.74) is -1.50. The van der Waals surface area contributed by atoms with Crippen molar-refractivity contribution in [2.24, 2.45) is 11.3 Å². The number of nitrogens with one attached hydrogen (secondary N) is 1. The van der Waals surface area contributed by atoms with Gasteiger partial charge in [0.25, 0.3) is 0 Å². The average molecular weight is 287 g/mol. The van der Waals surface area contributed by atoms with Gasteiger partial charge >= 0.3 is 12.1 Å². The Labute approximate surface area is 122 Å². The highest BCUT2D eigenvalue weighted by atomic mass is 16.6. The molecule has 118 valence electrons. The molecule has 0 aromatic rings. The Hall–Kier alpha value is -1.26. The number of alkyl carbamates (subject to hydrolysis) is 1. The number of carbonyl (C=O) groups is 2. The highest BCUT2D eigenvalue weighted by Gasteiger charge is 2.37. The van der Waals surface area contributed by atoms with Gasteiger partial charge in [-0.15, -0.1) is 0 Å². The fourth-order valence-corrected chi connectivity index (χ4v) is 1.84. The van der Waals surface area contributed by atoms with Gasteiger partial charge < -0.3 is 15.2 Å². The van der Waals surface area contributed by atoms with E-state index in [1.807, 2.05) is 6.92 Å². The minimum Gasteiger partial charge on any atom is -0.481 e. The topological polar surface area (TPSA) is 75.6 Å². The zero-order valence-electron chi connectivity index (χ0n) is 13.6. The number of carboxylic acid groups (broad SMARTS) is 1. The predicted molar refractivity (Wildman–Crippen MR) is 78.7 cm³/mol. The molecule has 0 radical (unpaired) electrons. The number of rotatable bonds is 7. The minimum atomic E-state index is -0.916. The van der Waals surface area contributed by atoms with Crippen LogP contribution in [0.3, 0.4) is 0 Å². The maximum absolute atomic E-state index is 11.7. The van der Waals surface area contributed by atoms with Gasteiger partial charge in [0.15, 0.2) is 0 Å². The molecule has 0 aliphatic rings. The molecular weight excluding hydrogens is 258 g/mol. The molecule has 2 N–H and O–H groups in total. The van der Waals surface area contributed by atoms with E-state index in [0.717, 1.165) is 6.42 Å². The lowest BCUT2D eigenvalue weighted by atomic mass is 9.79. The number of hydrogen-bond acceptors (Lipinski definition) is 3. The Morgan fingerprint density at radius 1 is 1.25 bits per heavy atom. The van der Waals surface area contributed by atoms with Crippen LogP contribution in [-0.4, -0.2) is 29.3 Å². The van der Waals surface area contributed by atoms with Crippen LogP contribution in [0.1, 0.15) is 60.8 Å². The van der Waals surface area contributed by atoms with Crippen LogP contribution in [0, 0.1) is 11.3 Å². The Balaban J connectivity index is 4.66. The van der Waals surface area contributed by atoms with E-state index in [0.29, 0.717) is 18.8 Å². The highest BCUT2D eigenvalue weighted by molar-refractivity contribution is 5.76. The number of carboxylic acids is 1. The lowest BCUT2D eigenvalue weighted by molar-refractivity contribution is -0.149. The van der Waals surface area contributed by atoms with Crippen molar-refractivity contribution < 1.29 is 19.4 Å². The Morgan fingerprint density at radius 2 is 1.80 bits per heavy atom. The first kappa shape index (κ1) is 18.7. The van der Waals surface area contributed by atoms with Gasteiger partial charge in [0.05, 0.1) is 5.41 Å². The molecule has 0 bridgehead atoms. The van der Waals surface area contributed by atoms with E-state index in [-0.39, 0.29) is 6.54 Å². The molecule has 0 heterocycles. The molecule has 1 amide bonds. The third-order valence-corrected chi connectivity index (χ3v) is 3.30. The maximum atomic E-state index is 11.7. The molecule has 0 fully saturated rings. The van der Waals surface area contributed by atoms with E-state index < -0.39 is 23.1 Å². The standard InChI is InChI=1S/C15H29NO4/c1-7-15(12(17)18,9-8-11(2)3)10-16-13(19)20-14(4,5)6/h11H,7-10H2,1-6H3,(H,16,19)(H,17,18). The zero-order valence-corrected chi connectivity index (χ0v) is 13.6. The van der Waals surface area contributed by atoms with Gasteiger partial charge in [0.2, 0.25) is 0 Å². The first-order valence-corrected chi connectivity index (χ1v) is 7.22.